The van der Waals surface area contributed by atoms with Crippen LogP contribution in [0.3, 0.4) is 0 Å². The van der Waals surface area contributed by atoms with Gasteiger partial charge in [-0.15, -0.1) is 0 Å². The first-order valence-corrected chi connectivity index (χ1v) is 9.33. The van der Waals surface area contributed by atoms with Gasteiger partial charge in [-0.05, 0) is 47.5 Å². The number of amides is 1. The highest BCUT2D eigenvalue weighted by molar-refractivity contribution is 6.30. The molecule has 1 N–H and O–H groups in total. The molecule has 6 heteroatoms. The summed E-state index contributed by atoms with van der Waals surface area (Å²) < 4.78 is 5.31. The molecular weight excluding hydrogens is 374 g/mol. The Labute approximate surface area is 167 Å². The molecule has 28 heavy (non-hydrogen) atoms. The predicted molar refractivity (Wildman–Crippen MR) is 109 cm³/mol. The van der Waals surface area contributed by atoms with Crippen LogP contribution in [0.4, 0.5) is 0 Å². The van der Waals surface area contributed by atoms with Gasteiger partial charge in [0, 0.05) is 10.6 Å². The third kappa shape index (κ3) is 3.89. The number of nitrogens with zero attached hydrogens (tertiary/aromatic N) is 2. The number of halogens is 1. The summed E-state index contributed by atoms with van der Waals surface area (Å²) in [6, 6.07) is 20.8. The zero-order chi connectivity index (χ0) is 19.5. The molecular formula is C22H18ClN3O2. The Morgan fingerprint density at radius 2 is 1.82 bits per heavy atom. The van der Waals surface area contributed by atoms with Crippen LogP contribution in [0.15, 0.2) is 71.3 Å². The SMILES string of the molecule is C[C@@H](NC(=O)Cc1cccc2ccccc12)c1noc(-c2ccc(Cl)cc2)n1. The molecule has 0 saturated carbocycles. The Morgan fingerprint density at radius 1 is 1.07 bits per heavy atom. The van der Waals surface area contributed by atoms with Crippen molar-refractivity contribution in [2.75, 3.05) is 0 Å². The maximum Gasteiger partial charge on any atom is 0.257 e. The topological polar surface area (TPSA) is 68.0 Å². The third-order valence-corrected chi connectivity index (χ3v) is 4.78. The number of nitrogens with one attached hydrogen (secondary N) is 1. The van der Waals surface area contributed by atoms with Crippen LogP contribution in [0, 0.1) is 0 Å². The van der Waals surface area contributed by atoms with Gasteiger partial charge in [-0.2, -0.15) is 4.98 Å². The summed E-state index contributed by atoms with van der Waals surface area (Å²) in [4.78, 5) is 16.9. The average molecular weight is 392 g/mol. The third-order valence-electron chi connectivity index (χ3n) is 4.53. The van der Waals surface area contributed by atoms with Crippen LogP contribution >= 0.6 is 11.6 Å². The van der Waals surface area contributed by atoms with Crippen molar-refractivity contribution in [1.82, 2.24) is 15.5 Å². The van der Waals surface area contributed by atoms with Crippen LogP contribution in [0.2, 0.25) is 5.02 Å². The van der Waals surface area contributed by atoms with E-state index in [2.05, 4.69) is 15.5 Å². The lowest BCUT2D eigenvalue weighted by Crippen LogP contribution is -2.28. The van der Waals surface area contributed by atoms with Crippen LogP contribution < -0.4 is 5.32 Å². The number of carbonyl (C=O) groups is 1. The lowest BCUT2D eigenvalue weighted by atomic mass is 10.0. The standard InChI is InChI=1S/C22H18ClN3O2/c1-14(21-25-22(28-26-21)16-9-11-18(23)12-10-16)24-20(27)13-17-7-4-6-15-5-2-3-8-19(15)17/h2-12,14H,13H2,1H3,(H,24,27)/t14-/m1/s1. The van der Waals surface area contributed by atoms with E-state index in [1.807, 2.05) is 61.5 Å². The van der Waals surface area contributed by atoms with E-state index in [1.165, 1.54) is 0 Å². The highest BCUT2D eigenvalue weighted by atomic mass is 35.5. The summed E-state index contributed by atoms with van der Waals surface area (Å²) in [6.45, 7) is 1.83. The van der Waals surface area contributed by atoms with E-state index in [-0.39, 0.29) is 18.4 Å². The highest BCUT2D eigenvalue weighted by Crippen LogP contribution is 2.22. The van der Waals surface area contributed by atoms with Crippen LogP contribution in [0.25, 0.3) is 22.2 Å². The average Bonchev–Trinajstić information content (AvgIpc) is 3.19. The van der Waals surface area contributed by atoms with E-state index >= 15 is 0 Å². The van der Waals surface area contributed by atoms with Crippen molar-refractivity contribution in [2.45, 2.75) is 19.4 Å². The highest BCUT2D eigenvalue weighted by Gasteiger charge is 2.17. The van der Waals surface area contributed by atoms with Gasteiger partial charge in [-0.25, -0.2) is 0 Å². The van der Waals surface area contributed by atoms with Gasteiger partial charge in [0.15, 0.2) is 5.82 Å². The molecule has 140 valence electrons. The molecule has 4 aromatic rings. The van der Waals surface area contributed by atoms with Crippen molar-refractivity contribution in [2.24, 2.45) is 0 Å². The first-order chi connectivity index (χ1) is 13.6. The van der Waals surface area contributed by atoms with Gasteiger partial charge in [-0.1, -0.05) is 59.2 Å². The molecule has 0 aliphatic heterocycles. The summed E-state index contributed by atoms with van der Waals surface area (Å²) in [7, 11) is 0. The molecule has 0 saturated heterocycles. The van der Waals surface area contributed by atoms with Crippen LogP contribution in [0.1, 0.15) is 24.4 Å². The fraction of sp³-hybridized carbons (Fsp3) is 0.136. The quantitative estimate of drug-likeness (QED) is 0.522. The second kappa shape index (κ2) is 7.82. The summed E-state index contributed by atoms with van der Waals surface area (Å²) in [5.41, 5.74) is 1.76. The summed E-state index contributed by atoms with van der Waals surface area (Å²) in [5, 5.41) is 9.76. The number of fused-ring (bicyclic) bond motifs is 1. The van der Waals surface area contributed by atoms with E-state index in [4.69, 9.17) is 16.1 Å². The maximum absolute atomic E-state index is 12.5. The van der Waals surface area contributed by atoms with Crippen molar-refractivity contribution < 1.29 is 9.32 Å². The summed E-state index contributed by atoms with van der Waals surface area (Å²) in [6.07, 6.45) is 0.285. The normalized spacial score (nSPS) is 12.1. The summed E-state index contributed by atoms with van der Waals surface area (Å²) >= 11 is 5.90. The number of benzene rings is 3. The largest absolute Gasteiger partial charge is 0.346 e. The number of hydrogen-bond acceptors (Lipinski definition) is 4. The minimum atomic E-state index is -0.368. The molecule has 0 spiro atoms. The minimum absolute atomic E-state index is 0.0957. The van der Waals surface area contributed by atoms with Crippen molar-refractivity contribution >= 4 is 28.3 Å². The minimum Gasteiger partial charge on any atom is -0.346 e. The molecule has 1 aromatic heterocycles. The van der Waals surface area contributed by atoms with Crippen LogP contribution in [-0.4, -0.2) is 16.0 Å². The molecule has 0 radical (unpaired) electrons. The molecule has 0 bridgehead atoms. The molecule has 0 aliphatic rings. The monoisotopic (exact) mass is 391 g/mol. The molecule has 3 aromatic carbocycles. The molecule has 0 fully saturated rings. The van der Waals surface area contributed by atoms with Gasteiger partial charge in [0.25, 0.3) is 5.89 Å². The number of carbonyl (C=O) groups excluding carboxylic acids is 1. The van der Waals surface area contributed by atoms with Crippen molar-refractivity contribution in [3.63, 3.8) is 0 Å². The second-order valence-corrected chi connectivity index (χ2v) is 7.01. The van der Waals surface area contributed by atoms with Gasteiger partial charge in [-0.3, -0.25) is 4.79 Å². The van der Waals surface area contributed by atoms with Gasteiger partial charge in [0.05, 0.1) is 12.5 Å². The van der Waals surface area contributed by atoms with Gasteiger partial charge in [0.1, 0.15) is 0 Å². The smallest absolute Gasteiger partial charge is 0.257 e. The second-order valence-electron chi connectivity index (χ2n) is 6.57. The predicted octanol–water partition coefficient (Wildman–Crippen LogP) is 4.96. The van der Waals surface area contributed by atoms with Crippen molar-refractivity contribution in [3.05, 3.63) is 83.1 Å². The first-order valence-electron chi connectivity index (χ1n) is 8.96. The van der Waals surface area contributed by atoms with Crippen molar-refractivity contribution in [1.29, 1.82) is 0 Å². The fourth-order valence-corrected chi connectivity index (χ4v) is 3.22. The lowest BCUT2D eigenvalue weighted by molar-refractivity contribution is -0.121. The molecule has 1 amide bonds. The van der Waals surface area contributed by atoms with E-state index in [1.54, 1.807) is 12.1 Å². The fourth-order valence-electron chi connectivity index (χ4n) is 3.10. The number of rotatable bonds is 5. The first kappa shape index (κ1) is 18.2. The van der Waals surface area contributed by atoms with Crippen LogP contribution in [0.5, 0.6) is 0 Å². The lowest BCUT2D eigenvalue weighted by Gasteiger charge is -2.11. The Kier molecular flexibility index (Phi) is 5.08. The molecule has 1 heterocycles. The van der Waals surface area contributed by atoms with E-state index < -0.39 is 0 Å². The Morgan fingerprint density at radius 3 is 2.64 bits per heavy atom. The number of aromatic nitrogens is 2. The Hall–Kier alpha value is -3.18. The summed E-state index contributed by atoms with van der Waals surface area (Å²) in [5.74, 6) is 0.722. The molecule has 4 rings (SSSR count). The zero-order valence-corrected chi connectivity index (χ0v) is 16.0. The van der Waals surface area contributed by atoms with Gasteiger partial charge < -0.3 is 9.84 Å². The molecule has 0 aliphatic carbocycles. The maximum atomic E-state index is 12.5. The van der Waals surface area contributed by atoms with E-state index in [0.717, 1.165) is 21.9 Å². The molecule has 0 unspecified atom stereocenters. The number of hydrogen-bond donors (Lipinski definition) is 1. The van der Waals surface area contributed by atoms with Crippen LogP contribution in [-0.2, 0) is 11.2 Å². The Bertz CT molecular complexity index is 1120. The Balaban J connectivity index is 1.45. The molecule has 1 atom stereocenters. The molecule has 5 nitrogen and oxygen atoms in total. The van der Waals surface area contributed by atoms with Gasteiger partial charge in [0.2, 0.25) is 5.91 Å². The zero-order valence-electron chi connectivity index (χ0n) is 15.2. The van der Waals surface area contributed by atoms with E-state index in [0.29, 0.717) is 16.7 Å². The van der Waals surface area contributed by atoms with Gasteiger partial charge >= 0.3 is 0 Å². The van der Waals surface area contributed by atoms with Crippen molar-refractivity contribution in [3.8, 4) is 11.5 Å². The van der Waals surface area contributed by atoms with E-state index in [9.17, 15) is 4.79 Å².